The van der Waals surface area contributed by atoms with E-state index in [4.69, 9.17) is 17.3 Å². The van der Waals surface area contributed by atoms with Crippen LogP contribution < -0.4 is 25.8 Å². The number of nitrogens with one attached hydrogen (secondary N) is 2. The summed E-state index contributed by atoms with van der Waals surface area (Å²) >= 11 is 5.96. The van der Waals surface area contributed by atoms with Crippen LogP contribution in [0.1, 0.15) is 29.8 Å². The number of nitrogens with zero attached hydrogens (tertiary/aromatic N) is 2. The number of halogens is 6. The number of hydrogen-bond acceptors (Lipinski definition) is 7. The minimum Gasteiger partial charge on any atom is -0.395 e. The summed E-state index contributed by atoms with van der Waals surface area (Å²) in [7, 11) is 0. The van der Waals surface area contributed by atoms with E-state index < -0.39 is 53.2 Å². The first-order chi connectivity index (χ1) is 17.1. The normalized spacial score (nSPS) is 15.1. The van der Waals surface area contributed by atoms with Crippen molar-refractivity contribution < 1.29 is 41.0 Å². The van der Waals surface area contributed by atoms with Gasteiger partial charge in [0, 0.05) is 17.8 Å². The molecule has 1 aliphatic rings. The summed E-state index contributed by atoms with van der Waals surface area (Å²) in [4.78, 5) is 33.5. The predicted octanol–water partition coefficient (Wildman–Crippen LogP) is 4.62. The average Bonchev–Trinajstić information content (AvgIpc) is 3.09. The number of carbonyl (C=O) groups excluding carboxylic acids is 2. The van der Waals surface area contributed by atoms with Gasteiger partial charge < -0.3 is 25.8 Å². The van der Waals surface area contributed by atoms with Crippen LogP contribution in [-0.4, -0.2) is 41.0 Å². The number of anilines is 1. The quantitative estimate of drug-likeness (QED) is 0.358. The van der Waals surface area contributed by atoms with Gasteiger partial charge in [0.2, 0.25) is 0 Å². The third-order valence-electron chi connectivity index (χ3n) is 4.65. The summed E-state index contributed by atoms with van der Waals surface area (Å²) in [5, 5.41) is 4.67. The molecule has 1 aliphatic heterocycles. The van der Waals surface area contributed by atoms with Gasteiger partial charge in [-0.1, -0.05) is 11.6 Å². The lowest BCUT2D eigenvalue weighted by atomic mass is 10.0. The number of ether oxygens (including phenoxy) is 2. The van der Waals surface area contributed by atoms with Gasteiger partial charge in [-0.15, -0.1) is 8.78 Å². The lowest BCUT2D eigenvalue weighted by Crippen LogP contribution is -2.32. The van der Waals surface area contributed by atoms with E-state index in [9.17, 15) is 31.5 Å². The Balaban J connectivity index is 2.14. The Morgan fingerprint density at radius 2 is 1.95 bits per heavy atom. The number of carbonyl (C=O) groups is 2. The maximum Gasteiger partial charge on any atom is 0.586 e. The SMILES string of the molecule is Cc1c(NC(=O)C(C=C(N)C(F)(F)F)=Nc2ncccc2Cl)c(C(=O)NC(C)C)cc2c1OC(F)(F)O2. The fraction of sp³-hybridized carbons (Fsp3) is 0.273. The number of aromatic nitrogens is 1. The molecule has 198 valence electrons. The van der Waals surface area contributed by atoms with E-state index in [0.717, 1.165) is 6.07 Å². The Bertz CT molecular complexity index is 1310. The average molecular weight is 548 g/mol. The molecule has 1 aromatic carbocycles. The fourth-order valence-electron chi connectivity index (χ4n) is 3.05. The number of alkyl halides is 5. The second-order valence-electron chi connectivity index (χ2n) is 7.90. The lowest BCUT2D eigenvalue weighted by molar-refractivity contribution is -0.286. The van der Waals surface area contributed by atoms with Crippen LogP contribution in [-0.2, 0) is 4.79 Å². The van der Waals surface area contributed by atoms with E-state index in [-0.39, 0.29) is 33.7 Å². The van der Waals surface area contributed by atoms with Gasteiger partial charge in [0.25, 0.3) is 11.8 Å². The lowest BCUT2D eigenvalue weighted by Gasteiger charge is -2.17. The molecule has 0 aliphatic carbocycles. The Hall–Kier alpha value is -3.94. The molecule has 9 nitrogen and oxygen atoms in total. The third-order valence-corrected chi connectivity index (χ3v) is 4.95. The Labute approximate surface area is 211 Å². The molecule has 2 heterocycles. The number of benzene rings is 1. The number of nitrogens with two attached hydrogens (primary N) is 1. The van der Waals surface area contributed by atoms with Crippen molar-refractivity contribution in [2.24, 2.45) is 10.7 Å². The van der Waals surface area contributed by atoms with Crippen LogP contribution >= 0.6 is 11.6 Å². The summed E-state index contributed by atoms with van der Waals surface area (Å²) in [5.74, 6) is -3.36. The van der Waals surface area contributed by atoms with Gasteiger partial charge in [-0.3, -0.25) is 9.59 Å². The molecule has 2 aromatic rings. The van der Waals surface area contributed by atoms with Gasteiger partial charge in [0.15, 0.2) is 17.3 Å². The predicted molar refractivity (Wildman–Crippen MR) is 123 cm³/mol. The monoisotopic (exact) mass is 547 g/mol. The second kappa shape index (κ2) is 10.2. The fourth-order valence-corrected chi connectivity index (χ4v) is 3.21. The molecular formula is C22H19ClF5N5O4. The number of aliphatic imine (C=N–C) groups is 1. The van der Waals surface area contributed by atoms with Crippen molar-refractivity contribution in [3.63, 3.8) is 0 Å². The minimum absolute atomic E-state index is 0.0923. The first kappa shape index (κ1) is 27.6. The molecule has 0 bridgehead atoms. The molecule has 15 heteroatoms. The zero-order chi connectivity index (χ0) is 27.7. The molecule has 0 spiro atoms. The highest BCUT2D eigenvalue weighted by Gasteiger charge is 2.45. The molecule has 0 atom stereocenters. The van der Waals surface area contributed by atoms with Crippen molar-refractivity contribution >= 4 is 40.6 Å². The third kappa shape index (κ3) is 6.44. The molecule has 1 aromatic heterocycles. The zero-order valence-corrected chi connectivity index (χ0v) is 20.1. The number of amides is 2. The summed E-state index contributed by atoms with van der Waals surface area (Å²) in [6, 6.07) is 3.26. The molecule has 3 rings (SSSR count). The van der Waals surface area contributed by atoms with Crippen LogP contribution in [0.4, 0.5) is 33.5 Å². The number of hydrogen-bond donors (Lipinski definition) is 3. The van der Waals surface area contributed by atoms with Crippen molar-refractivity contribution in [3.8, 4) is 11.5 Å². The zero-order valence-electron chi connectivity index (χ0n) is 19.3. The second-order valence-corrected chi connectivity index (χ2v) is 8.31. The number of pyridine rings is 1. The van der Waals surface area contributed by atoms with Crippen LogP contribution in [0, 0.1) is 6.92 Å². The Morgan fingerprint density at radius 1 is 1.27 bits per heavy atom. The minimum atomic E-state index is -5.02. The molecule has 4 N–H and O–H groups in total. The highest BCUT2D eigenvalue weighted by atomic mass is 35.5. The van der Waals surface area contributed by atoms with Crippen molar-refractivity contribution in [3.05, 3.63) is 52.3 Å². The highest BCUT2D eigenvalue weighted by Crippen LogP contribution is 2.47. The summed E-state index contributed by atoms with van der Waals surface area (Å²) in [6.07, 6.45) is -7.59. The molecule has 0 radical (unpaired) electrons. The summed E-state index contributed by atoms with van der Waals surface area (Å²) in [6.45, 7) is 4.48. The molecule has 0 saturated heterocycles. The molecule has 37 heavy (non-hydrogen) atoms. The smallest absolute Gasteiger partial charge is 0.395 e. The topological polar surface area (TPSA) is 128 Å². The van der Waals surface area contributed by atoms with E-state index in [0.29, 0.717) is 0 Å². The number of allylic oxidation sites excluding steroid dienone is 1. The molecule has 0 unspecified atom stereocenters. The molecule has 0 saturated carbocycles. The van der Waals surface area contributed by atoms with Crippen LogP contribution in [0.2, 0.25) is 5.02 Å². The standard InChI is InChI=1S/C22H19ClF5N5O4/c1-9(2)31-19(34)11-7-14-17(37-22(27,28)36-14)10(3)16(11)33-20(35)13(8-15(29)21(24,25)26)32-18-12(23)5-4-6-30-18/h4-9H,29H2,1-3H3,(H,31,34)(H,33,35). The largest absolute Gasteiger partial charge is 0.586 e. The van der Waals surface area contributed by atoms with Crippen LogP contribution in [0.15, 0.2) is 41.2 Å². The Kier molecular flexibility index (Phi) is 7.62. The first-order valence-corrected chi connectivity index (χ1v) is 10.8. The van der Waals surface area contributed by atoms with Crippen molar-refractivity contribution in [1.29, 1.82) is 0 Å². The van der Waals surface area contributed by atoms with E-state index in [1.807, 2.05) is 0 Å². The van der Waals surface area contributed by atoms with Gasteiger partial charge in [-0.2, -0.15) is 13.2 Å². The van der Waals surface area contributed by atoms with Crippen LogP contribution in [0.5, 0.6) is 11.5 Å². The van der Waals surface area contributed by atoms with Crippen LogP contribution in [0.3, 0.4) is 0 Å². The number of fused-ring (bicyclic) bond motifs is 1. The van der Waals surface area contributed by atoms with Crippen LogP contribution in [0.25, 0.3) is 0 Å². The summed E-state index contributed by atoms with van der Waals surface area (Å²) < 4.78 is 75.7. The van der Waals surface area contributed by atoms with E-state index >= 15 is 0 Å². The van der Waals surface area contributed by atoms with Gasteiger partial charge in [0.05, 0.1) is 16.3 Å². The van der Waals surface area contributed by atoms with E-state index in [1.54, 1.807) is 13.8 Å². The maximum atomic E-state index is 13.7. The summed E-state index contributed by atoms with van der Waals surface area (Å²) in [5.41, 5.74) is 1.67. The van der Waals surface area contributed by atoms with Gasteiger partial charge in [-0.25, -0.2) is 9.98 Å². The molecular weight excluding hydrogens is 529 g/mol. The van der Waals surface area contributed by atoms with Crippen molar-refractivity contribution in [1.82, 2.24) is 10.3 Å². The maximum absolute atomic E-state index is 13.7. The van der Waals surface area contributed by atoms with Gasteiger partial charge in [0.1, 0.15) is 11.4 Å². The van der Waals surface area contributed by atoms with Gasteiger partial charge in [-0.05, 0) is 45.0 Å². The van der Waals surface area contributed by atoms with Crippen molar-refractivity contribution in [2.75, 3.05) is 5.32 Å². The first-order valence-electron chi connectivity index (χ1n) is 10.4. The van der Waals surface area contributed by atoms with E-state index in [2.05, 4.69) is 30.1 Å². The molecule has 2 amide bonds. The van der Waals surface area contributed by atoms with E-state index in [1.165, 1.54) is 25.3 Å². The van der Waals surface area contributed by atoms with Gasteiger partial charge >= 0.3 is 12.5 Å². The number of rotatable bonds is 6. The van der Waals surface area contributed by atoms with Crippen molar-refractivity contribution in [2.45, 2.75) is 39.3 Å². The Morgan fingerprint density at radius 3 is 2.54 bits per heavy atom. The molecule has 0 fully saturated rings. The highest BCUT2D eigenvalue weighted by molar-refractivity contribution is 6.48.